The summed E-state index contributed by atoms with van der Waals surface area (Å²) < 4.78 is 17.0. The molecule has 4 unspecified atom stereocenters. The summed E-state index contributed by atoms with van der Waals surface area (Å²) in [6, 6.07) is 0. The molecule has 0 saturated heterocycles. The molecule has 1 fully saturated rings. The first-order valence-corrected chi connectivity index (χ1v) is 14.0. The zero-order chi connectivity index (χ0) is 26.1. The van der Waals surface area contributed by atoms with Gasteiger partial charge < -0.3 is 14.2 Å². The van der Waals surface area contributed by atoms with Crippen LogP contribution in [0.4, 0.5) is 0 Å². The van der Waals surface area contributed by atoms with Gasteiger partial charge in [0, 0.05) is 6.08 Å². The molecule has 0 aromatic heterocycles. The van der Waals surface area contributed by atoms with Crippen LogP contribution in [0.15, 0.2) is 12.7 Å². The molecule has 0 amide bonds. The van der Waals surface area contributed by atoms with E-state index in [0.717, 1.165) is 38.2 Å². The number of esters is 3. The molecule has 1 saturated carbocycles. The van der Waals surface area contributed by atoms with E-state index >= 15 is 0 Å². The Hall–Kier alpha value is -1.85. The van der Waals surface area contributed by atoms with Crippen molar-refractivity contribution in [3.05, 3.63) is 12.7 Å². The Bertz CT molecular complexity index is 645. The summed E-state index contributed by atoms with van der Waals surface area (Å²) in [5.74, 6) is -2.26. The lowest BCUT2D eigenvalue weighted by Crippen LogP contribution is -2.55. The van der Waals surface area contributed by atoms with Crippen LogP contribution >= 0.6 is 0 Å². The molecule has 6 heteroatoms. The van der Waals surface area contributed by atoms with Crippen LogP contribution < -0.4 is 0 Å². The minimum atomic E-state index is -1.65. The largest absolute Gasteiger partial charge is 0.465 e. The highest BCUT2D eigenvalue weighted by atomic mass is 16.6. The van der Waals surface area contributed by atoms with Crippen LogP contribution in [0.5, 0.6) is 0 Å². The SMILES string of the molecule is C=CC(=O)OC1(C(=O)OCC(C)CCCCCC)CCCCC1C(=O)OCC(C)CCCCCC. The normalized spacial score (nSPS) is 21.5. The van der Waals surface area contributed by atoms with Crippen molar-refractivity contribution in [2.75, 3.05) is 13.2 Å². The molecule has 0 aliphatic heterocycles. The zero-order valence-corrected chi connectivity index (χ0v) is 22.8. The molecule has 202 valence electrons. The van der Waals surface area contributed by atoms with E-state index in [-0.39, 0.29) is 24.9 Å². The van der Waals surface area contributed by atoms with Crippen molar-refractivity contribution < 1.29 is 28.6 Å². The van der Waals surface area contributed by atoms with E-state index in [0.29, 0.717) is 19.4 Å². The van der Waals surface area contributed by atoms with Crippen molar-refractivity contribution in [3.63, 3.8) is 0 Å². The predicted molar refractivity (Wildman–Crippen MR) is 139 cm³/mol. The first kappa shape index (κ1) is 31.2. The van der Waals surface area contributed by atoms with E-state index in [1.165, 1.54) is 38.5 Å². The van der Waals surface area contributed by atoms with E-state index in [1.54, 1.807) is 0 Å². The molecular formula is C29H50O6. The molecule has 0 heterocycles. The molecule has 0 N–H and O–H groups in total. The third kappa shape index (κ3) is 11.2. The van der Waals surface area contributed by atoms with Crippen molar-refractivity contribution in [2.45, 2.75) is 123 Å². The van der Waals surface area contributed by atoms with Crippen LogP contribution in [0.25, 0.3) is 0 Å². The maximum Gasteiger partial charge on any atom is 0.351 e. The number of ether oxygens (including phenoxy) is 3. The Morgan fingerprint density at radius 3 is 2.00 bits per heavy atom. The lowest BCUT2D eigenvalue weighted by Gasteiger charge is -2.39. The van der Waals surface area contributed by atoms with Gasteiger partial charge in [-0.15, -0.1) is 0 Å². The molecule has 1 aliphatic rings. The second-order valence-electron chi connectivity index (χ2n) is 10.5. The van der Waals surface area contributed by atoms with E-state index in [9.17, 15) is 14.4 Å². The average molecular weight is 495 g/mol. The van der Waals surface area contributed by atoms with Crippen molar-refractivity contribution >= 4 is 17.9 Å². The maximum atomic E-state index is 13.4. The summed E-state index contributed by atoms with van der Waals surface area (Å²) in [4.78, 5) is 38.8. The van der Waals surface area contributed by atoms with Crippen molar-refractivity contribution in [2.24, 2.45) is 17.8 Å². The molecule has 0 radical (unpaired) electrons. The summed E-state index contributed by atoms with van der Waals surface area (Å²) in [5, 5.41) is 0. The summed E-state index contributed by atoms with van der Waals surface area (Å²) in [7, 11) is 0. The average Bonchev–Trinajstić information content (AvgIpc) is 2.86. The van der Waals surface area contributed by atoms with Gasteiger partial charge in [-0.2, -0.15) is 0 Å². The standard InChI is InChI=1S/C29H50O6/c1-6-9-11-13-17-23(4)21-33-27(31)25-19-15-16-20-29(25,35-26(30)8-3)28(32)34-22-24(5)18-14-12-10-7-2/h8,23-25H,3,6-7,9-22H2,1-2,4-5H3. The quantitative estimate of drug-likeness (QED) is 0.0888. The molecule has 1 rings (SSSR count). The highest BCUT2D eigenvalue weighted by Crippen LogP contribution is 2.39. The highest BCUT2D eigenvalue weighted by Gasteiger charge is 2.55. The minimum Gasteiger partial charge on any atom is -0.465 e. The van der Waals surface area contributed by atoms with Gasteiger partial charge in [0.15, 0.2) is 0 Å². The highest BCUT2D eigenvalue weighted by molar-refractivity contribution is 5.92. The zero-order valence-electron chi connectivity index (χ0n) is 22.8. The Morgan fingerprint density at radius 1 is 0.886 bits per heavy atom. The van der Waals surface area contributed by atoms with E-state index in [1.807, 2.05) is 0 Å². The predicted octanol–water partition coefficient (Wildman–Crippen LogP) is 6.94. The summed E-state index contributed by atoms with van der Waals surface area (Å²) in [6.45, 7) is 12.5. The van der Waals surface area contributed by atoms with Gasteiger partial charge in [-0.25, -0.2) is 9.59 Å². The third-order valence-corrected chi connectivity index (χ3v) is 7.04. The maximum absolute atomic E-state index is 13.4. The van der Waals surface area contributed by atoms with Crippen molar-refractivity contribution in [1.29, 1.82) is 0 Å². The molecule has 0 aromatic carbocycles. The number of hydrogen-bond donors (Lipinski definition) is 0. The lowest BCUT2D eigenvalue weighted by atomic mass is 9.75. The second kappa shape index (κ2) is 17.6. The van der Waals surface area contributed by atoms with Gasteiger partial charge in [0.2, 0.25) is 5.60 Å². The fourth-order valence-corrected chi connectivity index (χ4v) is 4.75. The number of rotatable bonds is 18. The van der Waals surface area contributed by atoms with Gasteiger partial charge in [0.25, 0.3) is 0 Å². The second-order valence-corrected chi connectivity index (χ2v) is 10.5. The first-order chi connectivity index (χ1) is 16.8. The number of carbonyl (C=O) groups is 3. The topological polar surface area (TPSA) is 78.9 Å². The molecule has 35 heavy (non-hydrogen) atoms. The van der Waals surface area contributed by atoms with Gasteiger partial charge >= 0.3 is 17.9 Å². The van der Waals surface area contributed by atoms with Crippen LogP contribution in [0.2, 0.25) is 0 Å². The van der Waals surface area contributed by atoms with Crippen molar-refractivity contribution in [3.8, 4) is 0 Å². The van der Waals surface area contributed by atoms with Crippen LogP contribution in [0, 0.1) is 17.8 Å². The molecule has 0 bridgehead atoms. The molecule has 1 aliphatic carbocycles. The Labute approximate surface area is 213 Å². The summed E-state index contributed by atoms with van der Waals surface area (Å²) >= 11 is 0. The van der Waals surface area contributed by atoms with Gasteiger partial charge in [-0.1, -0.05) is 92.1 Å². The molecule has 0 aromatic rings. The van der Waals surface area contributed by atoms with E-state index in [4.69, 9.17) is 14.2 Å². The monoisotopic (exact) mass is 494 g/mol. The Kier molecular flexibility index (Phi) is 15.6. The van der Waals surface area contributed by atoms with Gasteiger partial charge in [0.1, 0.15) is 5.92 Å². The Morgan fingerprint density at radius 2 is 1.46 bits per heavy atom. The smallest absolute Gasteiger partial charge is 0.351 e. The molecule has 4 atom stereocenters. The van der Waals surface area contributed by atoms with Gasteiger partial charge in [-0.3, -0.25) is 4.79 Å². The molecule has 0 spiro atoms. The fraction of sp³-hybridized carbons (Fsp3) is 0.828. The molecule has 6 nitrogen and oxygen atoms in total. The van der Waals surface area contributed by atoms with Gasteiger partial charge in [0.05, 0.1) is 13.2 Å². The lowest BCUT2D eigenvalue weighted by molar-refractivity contribution is -0.199. The third-order valence-electron chi connectivity index (χ3n) is 7.04. The van der Waals surface area contributed by atoms with Crippen LogP contribution in [0.1, 0.15) is 118 Å². The summed E-state index contributed by atoms with van der Waals surface area (Å²) in [6.07, 6.45) is 14.4. The summed E-state index contributed by atoms with van der Waals surface area (Å²) in [5.41, 5.74) is -1.65. The van der Waals surface area contributed by atoms with Crippen molar-refractivity contribution in [1.82, 2.24) is 0 Å². The van der Waals surface area contributed by atoms with Crippen LogP contribution in [0.3, 0.4) is 0 Å². The fourth-order valence-electron chi connectivity index (χ4n) is 4.75. The molecular weight excluding hydrogens is 444 g/mol. The number of hydrogen-bond acceptors (Lipinski definition) is 6. The number of unbranched alkanes of at least 4 members (excludes halogenated alkanes) is 6. The van der Waals surface area contributed by atoms with Crippen LogP contribution in [-0.2, 0) is 28.6 Å². The minimum absolute atomic E-state index is 0.200. The first-order valence-electron chi connectivity index (χ1n) is 14.0. The number of carbonyl (C=O) groups excluding carboxylic acids is 3. The van der Waals surface area contributed by atoms with Crippen LogP contribution in [-0.4, -0.2) is 36.7 Å². The van der Waals surface area contributed by atoms with Gasteiger partial charge in [-0.05, 0) is 43.9 Å². The van der Waals surface area contributed by atoms with E-state index < -0.39 is 29.4 Å². The Balaban J connectivity index is 2.82. The van der Waals surface area contributed by atoms with E-state index in [2.05, 4.69) is 34.3 Å².